The molecule has 140 valence electrons. The predicted octanol–water partition coefficient (Wildman–Crippen LogP) is 1.90. The van der Waals surface area contributed by atoms with Crippen LogP contribution in [0.25, 0.3) is 11.1 Å². The van der Waals surface area contributed by atoms with Gasteiger partial charge in [0.05, 0.1) is 16.5 Å². The number of aromatic nitrogens is 2. The molecule has 7 heteroatoms. The first kappa shape index (κ1) is 18.5. The van der Waals surface area contributed by atoms with Crippen LogP contribution in [-0.4, -0.2) is 28.8 Å². The molecule has 1 fully saturated rings. The van der Waals surface area contributed by atoms with Crippen molar-refractivity contribution in [1.82, 2.24) is 9.47 Å². The molecular weight excluding hydrogens is 394 g/mol. The number of hydrogen-bond acceptors (Lipinski definition) is 5. The summed E-state index contributed by atoms with van der Waals surface area (Å²) >= 11 is 5.11. The first-order chi connectivity index (χ1) is 13.2. The second-order valence-corrected chi connectivity index (χ2v) is 9.43. The lowest BCUT2D eigenvalue weighted by Gasteiger charge is -2.08. The maximum absolute atomic E-state index is 12.9. The van der Waals surface area contributed by atoms with Crippen LogP contribution in [0.4, 0.5) is 0 Å². The van der Waals surface area contributed by atoms with Gasteiger partial charge < -0.3 is 4.90 Å². The molecule has 0 amide bonds. The Morgan fingerprint density at radius 2 is 2.07 bits per heavy atom. The molecule has 0 atom stereocenters. The molecule has 2 aromatic heterocycles. The minimum Gasteiger partial charge on any atom is -0.367 e. The topological polar surface area (TPSA) is 29.1 Å². The van der Waals surface area contributed by atoms with Crippen molar-refractivity contribution in [3.63, 3.8) is 0 Å². The van der Waals surface area contributed by atoms with E-state index in [4.69, 9.17) is 0 Å². The maximum Gasteiger partial charge on any atom is 0.271 e. The maximum atomic E-state index is 12.9. The fourth-order valence-electron chi connectivity index (χ4n) is 3.15. The smallest absolute Gasteiger partial charge is 0.271 e. The van der Waals surface area contributed by atoms with Crippen LogP contribution in [0.3, 0.4) is 0 Å². The van der Waals surface area contributed by atoms with Gasteiger partial charge in [0.25, 0.3) is 10.6 Å². The molecule has 27 heavy (non-hydrogen) atoms. The van der Waals surface area contributed by atoms with Crippen LogP contribution in [-0.2, 0) is 13.1 Å². The van der Waals surface area contributed by atoms with Gasteiger partial charge in [-0.3, -0.25) is 9.36 Å². The molecule has 4 nitrogen and oxygen atoms in total. The molecule has 0 aliphatic carbocycles. The summed E-state index contributed by atoms with van der Waals surface area (Å²) in [6.07, 6.45) is 4.27. The largest absolute Gasteiger partial charge is 0.367 e. The van der Waals surface area contributed by atoms with E-state index in [1.807, 2.05) is 17.6 Å². The molecule has 4 rings (SSSR count). The highest BCUT2D eigenvalue weighted by Gasteiger charge is 2.18. The fraction of sp³-hybridized carbons (Fsp3) is 0.300. The number of thiazole rings is 2. The summed E-state index contributed by atoms with van der Waals surface area (Å²) in [4.78, 5) is 15.1. The van der Waals surface area contributed by atoms with E-state index in [1.54, 1.807) is 34.4 Å². The van der Waals surface area contributed by atoms with Gasteiger partial charge in [0, 0.05) is 31.5 Å². The lowest BCUT2D eigenvalue weighted by atomic mass is 10.2. The van der Waals surface area contributed by atoms with E-state index in [0.29, 0.717) is 6.54 Å². The minimum atomic E-state index is 0.135. The standard InChI is InChI=1S/C20H22N3OS3/c1-3-23-17(27-18(19(23)24)20-21(2)9-11-26-20)13-16-22(10-12-25-16)14-15-7-5-4-6-8-15/h4-8,10,12-13H,3,9,11,14H2,1-2H3/q+1. The van der Waals surface area contributed by atoms with Crippen molar-refractivity contribution in [3.05, 3.63) is 72.0 Å². The molecule has 0 N–H and O–H groups in total. The van der Waals surface area contributed by atoms with Gasteiger partial charge >= 0.3 is 0 Å². The lowest BCUT2D eigenvalue weighted by molar-refractivity contribution is -0.685. The summed E-state index contributed by atoms with van der Waals surface area (Å²) in [5.41, 5.74) is 1.41. The molecule has 3 heterocycles. The first-order valence-corrected chi connectivity index (χ1v) is 11.7. The van der Waals surface area contributed by atoms with Gasteiger partial charge in [-0.15, -0.1) is 23.1 Å². The number of nitrogens with zero attached hydrogens (tertiary/aromatic N) is 3. The van der Waals surface area contributed by atoms with Crippen LogP contribution < -0.4 is 19.3 Å². The lowest BCUT2D eigenvalue weighted by Crippen LogP contribution is -2.36. The Morgan fingerprint density at radius 1 is 1.26 bits per heavy atom. The number of rotatable bonds is 4. The summed E-state index contributed by atoms with van der Waals surface area (Å²) in [6.45, 7) is 4.57. The van der Waals surface area contributed by atoms with Gasteiger partial charge in [0.2, 0.25) is 0 Å². The van der Waals surface area contributed by atoms with Gasteiger partial charge in [-0.05, 0) is 6.92 Å². The Bertz CT molecular complexity index is 1110. The quantitative estimate of drug-likeness (QED) is 0.609. The molecule has 0 spiro atoms. The Kier molecular flexibility index (Phi) is 5.52. The zero-order chi connectivity index (χ0) is 18.8. The zero-order valence-electron chi connectivity index (χ0n) is 15.4. The van der Waals surface area contributed by atoms with Crippen LogP contribution in [0.15, 0.2) is 46.7 Å². The van der Waals surface area contributed by atoms with Crippen LogP contribution in [0.2, 0.25) is 0 Å². The molecular formula is C20H22N3OS3+. The van der Waals surface area contributed by atoms with Crippen molar-refractivity contribution in [1.29, 1.82) is 0 Å². The second kappa shape index (κ2) is 8.04. The third kappa shape index (κ3) is 3.77. The summed E-state index contributed by atoms with van der Waals surface area (Å²) in [5, 5.41) is 4.38. The first-order valence-electron chi connectivity index (χ1n) is 8.98. The Labute approximate surface area is 170 Å². The highest BCUT2D eigenvalue weighted by atomic mass is 32.2. The van der Waals surface area contributed by atoms with Gasteiger partial charge in [-0.2, -0.15) is 4.57 Å². The third-order valence-corrected chi connectivity index (χ3v) is 7.87. The van der Waals surface area contributed by atoms with E-state index in [-0.39, 0.29) is 5.56 Å². The summed E-state index contributed by atoms with van der Waals surface area (Å²) in [7, 11) is 2.07. The van der Waals surface area contributed by atoms with Gasteiger partial charge in [0.1, 0.15) is 9.20 Å². The van der Waals surface area contributed by atoms with E-state index in [2.05, 4.69) is 58.4 Å². The molecule has 1 aromatic carbocycles. The van der Waals surface area contributed by atoms with Crippen molar-refractivity contribution in [2.45, 2.75) is 20.0 Å². The van der Waals surface area contributed by atoms with Crippen LogP contribution in [0.5, 0.6) is 0 Å². The molecule has 1 saturated heterocycles. The normalized spacial score (nSPS) is 17.1. The monoisotopic (exact) mass is 416 g/mol. The Hall–Kier alpha value is -1.83. The zero-order valence-corrected chi connectivity index (χ0v) is 17.9. The number of thioether (sulfide) groups is 1. The predicted molar refractivity (Wildman–Crippen MR) is 116 cm³/mol. The van der Waals surface area contributed by atoms with E-state index < -0.39 is 0 Å². The average molecular weight is 417 g/mol. The van der Waals surface area contributed by atoms with E-state index in [0.717, 1.165) is 38.1 Å². The Morgan fingerprint density at radius 3 is 2.78 bits per heavy atom. The minimum absolute atomic E-state index is 0.135. The molecule has 3 aromatic rings. The van der Waals surface area contributed by atoms with E-state index in [1.165, 1.54) is 5.56 Å². The van der Waals surface area contributed by atoms with Crippen molar-refractivity contribution in [3.8, 4) is 0 Å². The van der Waals surface area contributed by atoms with Crippen LogP contribution in [0.1, 0.15) is 17.5 Å². The van der Waals surface area contributed by atoms with Crippen molar-refractivity contribution < 1.29 is 4.57 Å². The molecule has 0 unspecified atom stereocenters. The molecule has 0 radical (unpaired) electrons. The summed E-state index contributed by atoms with van der Waals surface area (Å²) < 4.78 is 6.04. The second-order valence-electron chi connectivity index (χ2n) is 6.39. The van der Waals surface area contributed by atoms with Crippen molar-refractivity contribution >= 4 is 45.5 Å². The number of hydrogen-bond donors (Lipinski definition) is 0. The summed E-state index contributed by atoms with van der Waals surface area (Å²) in [6, 6.07) is 10.5. The SMILES string of the molecule is CCn1c(=Cc2scc[n+]2Cc2ccccc2)sc(=C2SCCN2C)c1=O. The molecule has 0 bridgehead atoms. The number of benzene rings is 1. The highest BCUT2D eigenvalue weighted by molar-refractivity contribution is 8.08. The van der Waals surface area contributed by atoms with E-state index >= 15 is 0 Å². The third-order valence-electron chi connectivity index (χ3n) is 4.59. The Balaban J connectivity index is 1.80. The van der Waals surface area contributed by atoms with Crippen molar-refractivity contribution in [2.24, 2.45) is 0 Å². The highest BCUT2D eigenvalue weighted by Crippen LogP contribution is 2.25. The van der Waals surface area contributed by atoms with E-state index in [9.17, 15) is 4.79 Å². The fourth-order valence-corrected chi connectivity index (χ4v) is 6.54. The molecule has 0 saturated carbocycles. The summed E-state index contributed by atoms with van der Waals surface area (Å²) in [5.74, 6) is 1.05. The molecule has 1 aliphatic heterocycles. The van der Waals surface area contributed by atoms with Gasteiger partial charge in [0.15, 0.2) is 12.7 Å². The van der Waals surface area contributed by atoms with Crippen molar-refractivity contribution in [2.75, 3.05) is 19.3 Å². The van der Waals surface area contributed by atoms with Crippen LogP contribution >= 0.6 is 34.4 Å². The van der Waals surface area contributed by atoms with Crippen LogP contribution in [0, 0.1) is 0 Å². The van der Waals surface area contributed by atoms with Gasteiger partial charge in [-0.25, -0.2) is 0 Å². The average Bonchev–Trinajstić information content (AvgIpc) is 3.36. The molecule has 1 aliphatic rings. The van der Waals surface area contributed by atoms with Gasteiger partial charge in [-0.1, -0.05) is 41.7 Å².